The first-order valence-corrected chi connectivity index (χ1v) is 7.79. The highest BCUT2D eigenvalue weighted by Gasteiger charge is 2.23. The Bertz CT molecular complexity index is 581. The van der Waals surface area contributed by atoms with Crippen LogP contribution in [0.3, 0.4) is 0 Å². The second-order valence-corrected chi connectivity index (χ2v) is 5.87. The van der Waals surface area contributed by atoms with Crippen molar-refractivity contribution in [3.05, 3.63) is 38.5 Å². The van der Waals surface area contributed by atoms with Crippen LogP contribution in [0.25, 0.3) is 0 Å². The van der Waals surface area contributed by atoms with Crippen LogP contribution in [0, 0.1) is 0 Å². The van der Waals surface area contributed by atoms with Crippen molar-refractivity contribution in [2.24, 2.45) is 7.05 Å². The van der Waals surface area contributed by atoms with E-state index in [4.69, 9.17) is 4.74 Å². The van der Waals surface area contributed by atoms with E-state index in [1.807, 2.05) is 25.2 Å². The van der Waals surface area contributed by atoms with Crippen molar-refractivity contribution >= 4 is 31.9 Å². The van der Waals surface area contributed by atoms with Crippen LogP contribution in [0.2, 0.25) is 0 Å². The molecule has 0 saturated carbocycles. The zero-order valence-electron chi connectivity index (χ0n) is 11.5. The maximum atomic E-state index is 5.32. The Hall–Kier alpha value is -0.920. The quantitative estimate of drug-likeness (QED) is 0.833. The first kappa shape index (κ1) is 15.5. The SMILES string of the molecule is CCNC(c1cc(OC)ccc1Br)c1c(Br)nnn1C. The molecule has 0 aliphatic carbocycles. The van der Waals surface area contributed by atoms with Gasteiger partial charge in [0.05, 0.1) is 18.8 Å². The van der Waals surface area contributed by atoms with Gasteiger partial charge in [-0.2, -0.15) is 0 Å². The highest BCUT2D eigenvalue weighted by atomic mass is 79.9. The number of rotatable bonds is 5. The van der Waals surface area contributed by atoms with E-state index < -0.39 is 0 Å². The Kier molecular flexibility index (Phi) is 5.17. The van der Waals surface area contributed by atoms with Gasteiger partial charge in [0, 0.05) is 11.5 Å². The van der Waals surface area contributed by atoms with Gasteiger partial charge in [0.25, 0.3) is 0 Å². The normalized spacial score (nSPS) is 12.4. The summed E-state index contributed by atoms with van der Waals surface area (Å²) in [6, 6.07) is 5.89. The Labute approximate surface area is 135 Å². The van der Waals surface area contributed by atoms with Crippen LogP contribution in [-0.2, 0) is 7.05 Å². The summed E-state index contributed by atoms with van der Waals surface area (Å²) < 4.78 is 8.83. The molecule has 0 bridgehead atoms. The lowest BCUT2D eigenvalue weighted by Crippen LogP contribution is -2.25. The summed E-state index contributed by atoms with van der Waals surface area (Å²) in [6.07, 6.45) is 0. The van der Waals surface area contributed by atoms with Gasteiger partial charge < -0.3 is 10.1 Å². The van der Waals surface area contributed by atoms with Gasteiger partial charge in [-0.1, -0.05) is 28.1 Å². The Balaban J connectivity index is 2.54. The van der Waals surface area contributed by atoms with Crippen LogP contribution in [-0.4, -0.2) is 28.6 Å². The number of halogens is 2. The molecule has 2 aromatic rings. The topological polar surface area (TPSA) is 52.0 Å². The maximum Gasteiger partial charge on any atom is 0.153 e. The van der Waals surface area contributed by atoms with Gasteiger partial charge in [0.15, 0.2) is 4.60 Å². The van der Waals surface area contributed by atoms with E-state index in [1.54, 1.807) is 11.8 Å². The summed E-state index contributed by atoms with van der Waals surface area (Å²) in [4.78, 5) is 0. The van der Waals surface area contributed by atoms with Crippen molar-refractivity contribution in [1.82, 2.24) is 20.3 Å². The molecule has 1 aromatic heterocycles. The molecule has 108 valence electrons. The first-order chi connectivity index (χ1) is 9.58. The molecule has 2 rings (SSSR count). The number of ether oxygens (including phenoxy) is 1. The van der Waals surface area contributed by atoms with Gasteiger partial charge in [0.2, 0.25) is 0 Å². The van der Waals surface area contributed by atoms with E-state index in [-0.39, 0.29) is 6.04 Å². The molecule has 1 atom stereocenters. The molecule has 1 unspecified atom stereocenters. The zero-order chi connectivity index (χ0) is 14.7. The lowest BCUT2D eigenvalue weighted by atomic mass is 10.0. The van der Waals surface area contributed by atoms with E-state index in [0.29, 0.717) is 0 Å². The third-order valence-electron chi connectivity index (χ3n) is 3.02. The highest BCUT2D eigenvalue weighted by Crippen LogP contribution is 2.33. The van der Waals surface area contributed by atoms with Crippen LogP contribution in [0.1, 0.15) is 24.2 Å². The van der Waals surface area contributed by atoms with E-state index in [0.717, 1.165) is 32.6 Å². The van der Waals surface area contributed by atoms with Gasteiger partial charge >= 0.3 is 0 Å². The molecule has 0 saturated heterocycles. The number of nitrogens with one attached hydrogen (secondary N) is 1. The van der Waals surface area contributed by atoms with Gasteiger partial charge in [-0.25, -0.2) is 4.68 Å². The number of methoxy groups -OCH3 is 1. The Morgan fingerprint density at radius 3 is 2.70 bits per heavy atom. The number of aromatic nitrogens is 3. The van der Waals surface area contributed by atoms with Crippen LogP contribution < -0.4 is 10.1 Å². The molecule has 0 spiro atoms. The minimum absolute atomic E-state index is 0.0288. The summed E-state index contributed by atoms with van der Waals surface area (Å²) in [5, 5.41) is 11.6. The highest BCUT2D eigenvalue weighted by molar-refractivity contribution is 9.10. The monoisotopic (exact) mass is 402 g/mol. The van der Waals surface area contributed by atoms with Crippen LogP contribution in [0.5, 0.6) is 5.75 Å². The Morgan fingerprint density at radius 2 is 2.15 bits per heavy atom. The molecule has 20 heavy (non-hydrogen) atoms. The van der Waals surface area contributed by atoms with Crippen LogP contribution in [0.15, 0.2) is 27.3 Å². The molecule has 0 aliphatic heterocycles. The average molecular weight is 404 g/mol. The number of hydrogen-bond donors (Lipinski definition) is 1. The lowest BCUT2D eigenvalue weighted by Gasteiger charge is -2.20. The molecule has 1 heterocycles. The predicted octanol–water partition coefficient (Wildman–Crippen LogP) is 3.05. The summed E-state index contributed by atoms with van der Waals surface area (Å²) >= 11 is 7.07. The number of nitrogens with zero attached hydrogens (tertiary/aromatic N) is 3. The van der Waals surface area contributed by atoms with Crippen molar-refractivity contribution in [2.75, 3.05) is 13.7 Å². The van der Waals surface area contributed by atoms with Crippen molar-refractivity contribution < 1.29 is 4.74 Å². The number of aryl methyl sites for hydroxylation is 1. The molecule has 0 fully saturated rings. The fourth-order valence-electron chi connectivity index (χ4n) is 2.07. The van der Waals surface area contributed by atoms with Crippen LogP contribution in [0.4, 0.5) is 0 Å². The largest absolute Gasteiger partial charge is 0.497 e. The van der Waals surface area contributed by atoms with E-state index in [2.05, 4.69) is 54.4 Å². The minimum Gasteiger partial charge on any atom is -0.497 e. The summed E-state index contributed by atoms with van der Waals surface area (Å²) in [5.74, 6) is 0.817. The minimum atomic E-state index is -0.0288. The molecule has 7 heteroatoms. The molecule has 0 aliphatic rings. The van der Waals surface area contributed by atoms with Crippen molar-refractivity contribution in [3.63, 3.8) is 0 Å². The first-order valence-electron chi connectivity index (χ1n) is 6.20. The molecular weight excluding hydrogens is 388 g/mol. The summed E-state index contributed by atoms with van der Waals surface area (Å²) in [5.41, 5.74) is 2.05. The fourth-order valence-corrected chi connectivity index (χ4v) is 3.11. The van der Waals surface area contributed by atoms with Gasteiger partial charge in [-0.15, -0.1) is 5.10 Å². The summed E-state index contributed by atoms with van der Waals surface area (Å²) in [7, 11) is 3.54. The molecule has 1 N–H and O–H groups in total. The lowest BCUT2D eigenvalue weighted by molar-refractivity contribution is 0.413. The number of benzene rings is 1. The van der Waals surface area contributed by atoms with E-state index >= 15 is 0 Å². The van der Waals surface area contributed by atoms with Crippen molar-refractivity contribution in [3.8, 4) is 5.75 Å². The molecule has 0 radical (unpaired) electrons. The molecular formula is C13H16Br2N4O. The third-order valence-corrected chi connectivity index (χ3v) is 4.31. The average Bonchev–Trinajstić information content (AvgIpc) is 2.77. The second-order valence-electron chi connectivity index (χ2n) is 4.27. The van der Waals surface area contributed by atoms with E-state index in [9.17, 15) is 0 Å². The molecule has 5 nitrogen and oxygen atoms in total. The van der Waals surface area contributed by atoms with Gasteiger partial charge in [-0.05, 0) is 46.2 Å². The summed E-state index contributed by atoms with van der Waals surface area (Å²) in [6.45, 7) is 2.89. The predicted molar refractivity (Wildman–Crippen MR) is 84.9 cm³/mol. The zero-order valence-corrected chi connectivity index (χ0v) is 14.7. The maximum absolute atomic E-state index is 5.32. The third kappa shape index (κ3) is 3.05. The van der Waals surface area contributed by atoms with Crippen molar-refractivity contribution in [1.29, 1.82) is 0 Å². The number of hydrogen-bond acceptors (Lipinski definition) is 4. The standard InChI is InChI=1S/C13H16Br2N4O/c1-4-16-11(12-13(15)17-18-19(12)2)9-7-8(20-3)5-6-10(9)14/h5-7,11,16H,4H2,1-3H3. The van der Waals surface area contributed by atoms with Crippen LogP contribution >= 0.6 is 31.9 Å². The van der Waals surface area contributed by atoms with Crippen molar-refractivity contribution in [2.45, 2.75) is 13.0 Å². The van der Waals surface area contributed by atoms with Gasteiger partial charge in [-0.3, -0.25) is 0 Å². The second kappa shape index (κ2) is 6.69. The smallest absolute Gasteiger partial charge is 0.153 e. The molecule has 1 aromatic carbocycles. The Morgan fingerprint density at radius 1 is 1.40 bits per heavy atom. The fraction of sp³-hybridized carbons (Fsp3) is 0.385. The molecule has 0 amide bonds. The van der Waals surface area contributed by atoms with Gasteiger partial charge in [0.1, 0.15) is 5.75 Å². The van der Waals surface area contributed by atoms with E-state index in [1.165, 1.54) is 0 Å².